The number of piperidine rings is 1. The average molecular weight is 240 g/mol. The zero-order valence-electron chi connectivity index (χ0n) is 11.8. The molecule has 4 atom stereocenters. The molecule has 2 aliphatic heterocycles. The first kappa shape index (κ1) is 13.3. The summed E-state index contributed by atoms with van der Waals surface area (Å²) in [6.07, 6.45) is 5.76. The van der Waals surface area contributed by atoms with E-state index in [1.54, 1.807) is 0 Å². The van der Waals surface area contributed by atoms with Gasteiger partial charge in [-0.25, -0.2) is 0 Å². The summed E-state index contributed by atoms with van der Waals surface area (Å²) in [5, 5.41) is 3.86. The molecule has 2 fully saturated rings. The van der Waals surface area contributed by atoms with Crippen LogP contribution in [-0.4, -0.2) is 48.8 Å². The van der Waals surface area contributed by atoms with Crippen LogP contribution in [-0.2, 0) is 4.74 Å². The van der Waals surface area contributed by atoms with E-state index in [0.29, 0.717) is 24.3 Å². The molecule has 0 saturated carbocycles. The van der Waals surface area contributed by atoms with Crippen molar-refractivity contribution in [3.63, 3.8) is 0 Å². The normalized spacial score (nSPS) is 44.8. The van der Waals surface area contributed by atoms with Crippen LogP contribution < -0.4 is 5.32 Å². The molecule has 100 valence electrons. The predicted molar refractivity (Wildman–Crippen MR) is 71.3 cm³/mol. The molecule has 0 radical (unpaired) electrons. The molecular formula is C14H28N2O. The van der Waals surface area contributed by atoms with Crippen molar-refractivity contribution in [2.24, 2.45) is 0 Å². The zero-order valence-corrected chi connectivity index (χ0v) is 11.8. The Morgan fingerprint density at radius 2 is 1.65 bits per heavy atom. The maximum Gasteiger partial charge on any atom is 0.0565 e. The Hall–Kier alpha value is -0.120. The summed E-state index contributed by atoms with van der Waals surface area (Å²) in [4.78, 5) is 2.47. The Morgan fingerprint density at radius 1 is 1.00 bits per heavy atom. The molecule has 0 aromatic carbocycles. The van der Waals surface area contributed by atoms with Crippen LogP contribution in [0, 0.1) is 0 Å². The van der Waals surface area contributed by atoms with Crippen LogP contribution in [0.3, 0.4) is 0 Å². The lowest BCUT2D eigenvalue weighted by Crippen LogP contribution is -2.51. The third-order valence-corrected chi connectivity index (χ3v) is 4.38. The molecule has 2 aliphatic rings. The second kappa shape index (κ2) is 5.68. The van der Waals surface area contributed by atoms with Crippen molar-refractivity contribution in [2.45, 2.75) is 76.8 Å². The molecule has 2 rings (SSSR count). The smallest absolute Gasteiger partial charge is 0.0565 e. The van der Waals surface area contributed by atoms with Gasteiger partial charge in [0.05, 0.1) is 12.2 Å². The van der Waals surface area contributed by atoms with Gasteiger partial charge in [0.1, 0.15) is 0 Å². The fraction of sp³-hybridized carbons (Fsp3) is 1.00. The van der Waals surface area contributed by atoms with Crippen LogP contribution in [0.2, 0.25) is 0 Å². The average Bonchev–Trinajstić information content (AvgIpc) is 2.22. The van der Waals surface area contributed by atoms with Crippen LogP contribution in [0.5, 0.6) is 0 Å². The summed E-state index contributed by atoms with van der Waals surface area (Å²) in [5.41, 5.74) is 0. The Morgan fingerprint density at radius 3 is 2.24 bits per heavy atom. The summed E-state index contributed by atoms with van der Waals surface area (Å²) >= 11 is 0. The Labute approximate surface area is 106 Å². The molecule has 2 heterocycles. The molecule has 3 heteroatoms. The number of hydrogen-bond acceptors (Lipinski definition) is 3. The SMILES string of the molecule is CC1CC(NC2CCN(C)C(C)C2)CC(C)O1. The summed E-state index contributed by atoms with van der Waals surface area (Å²) < 4.78 is 5.80. The van der Waals surface area contributed by atoms with Crippen LogP contribution >= 0.6 is 0 Å². The van der Waals surface area contributed by atoms with E-state index >= 15 is 0 Å². The van der Waals surface area contributed by atoms with E-state index in [-0.39, 0.29) is 0 Å². The highest BCUT2D eigenvalue weighted by Gasteiger charge is 2.29. The first-order valence-electron chi connectivity index (χ1n) is 7.16. The van der Waals surface area contributed by atoms with E-state index in [9.17, 15) is 0 Å². The molecule has 2 saturated heterocycles. The van der Waals surface area contributed by atoms with E-state index in [1.165, 1.54) is 32.2 Å². The quantitative estimate of drug-likeness (QED) is 0.799. The second-order valence-electron chi connectivity index (χ2n) is 6.14. The molecule has 0 aromatic rings. The van der Waals surface area contributed by atoms with Gasteiger partial charge in [0, 0.05) is 18.1 Å². The first-order chi connectivity index (χ1) is 8.04. The van der Waals surface area contributed by atoms with Gasteiger partial charge in [-0.15, -0.1) is 0 Å². The van der Waals surface area contributed by atoms with E-state index in [0.717, 1.165) is 6.04 Å². The van der Waals surface area contributed by atoms with E-state index < -0.39 is 0 Å². The second-order valence-corrected chi connectivity index (χ2v) is 6.14. The lowest BCUT2D eigenvalue weighted by Gasteiger charge is -2.40. The van der Waals surface area contributed by atoms with Crippen LogP contribution in [0.4, 0.5) is 0 Å². The van der Waals surface area contributed by atoms with Gasteiger partial charge >= 0.3 is 0 Å². The number of likely N-dealkylation sites (tertiary alicyclic amines) is 1. The van der Waals surface area contributed by atoms with Crippen molar-refractivity contribution >= 4 is 0 Å². The van der Waals surface area contributed by atoms with Crippen molar-refractivity contribution in [1.29, 1.82) is 0 Å². The monoisotopic (exact) mass is 240 g/mol. The van der Waals surface area contributed by atoms with Crippen LogP contribution in [0.25, 0.3) is 0 Å². The molecule has 1 N–H and O–H groups in total. The van der Waals surface area contributed by atoms with Crippen molar-refractivity contribution in [3.8, 4) is 0 Å². The molecular weight excluding hydrogens is 212 g/mol. The standard InChI is InChI=1S/C14H28N2O/c1-10-7-13(5-6-16(10)4)15-14-8-11(2)17-12(3)9-14/h10-15H,5-9H2,1-4H3. The maximum absolute atomic E-state index is 5.80. The minimum Gasteiger partial charge on any atom is -0.375 e. The molecule has 0 aromatic heterocycles. The Balaban J connectivity index is 1.80. The van der Waals surface area contributed by atoms with Gasteiger partial charge in [-0.3, -0.25) is 0 Å². The zero-order chi connectivity index (χ0) is 12.4. The summed E-state index contributed by atoms with van der Waals surface area (Å²) in [5.74, 6) is 0. The number of ether oxygens (including phenoxy) is 1. The number of hydrogen-bond donors (Lipinski definition) is 1. The molecule has 0 aliphatic carbocycles. The molecule has 3 nitrogen and oxygen atoms in total. The molecule has 0 amide bonds. The van der Waals surface area contributed by atoms with Crippen molar-refractivity contribution in [3.05, 3.63) is 0 Å². The third kappa shape index (κ3) is 3.67. The molecule has 0 spiro atoms. The van der Waals surface area contributed by atoms with E-state index in [4.69, 9.17) is 4.74 Å². The van der Waals surface area contributed by atoms with Gasteiger partial charge in [0.25, 0.3) is 0 Å². The molecule has 4 unspecified atom stereocenters. The minimum atomic E-state index is 0.417. The van der Waals surface area contributed by atoms with Gasteiger partial charge in [0.15, 0.2) is 0 Å². The number of nitrogens with zero attached hydrogens (tertiary/aromatic N) is 1. The largest absolute Gasteiger partial charge is 0.375 e. The molecule has 0 bridgehead atoms. The minimum absolute atomic E-state index is 0.417. The highest BCUT2D eigenvalue weighted by Crippen LogP contribution is 2.22. The summed E-state index contributed by atoms with van der Waals surface area (Å²) in [6, 6.07) is 2.09. The predicted octanol–water partition coefficient (Wildman–Crippen LogP) is 2.01. The fourth-order valence-electron chi connectivity index (χ4n) is 3.32. The highest BCUT2D eigenvalue weighted by molar-refractivity contribution is 4.86. The summed E-state index contributed by atoms with van der Waals surface area (Å²) in [6.45, 7) is 7.96. The van der Waals surface area contributed by atoms with Crippen molar-refractivity contribution < 1.29 is 4.74 Å². The summed E-state index contributed by atoms with van der Waals surface area (Å²) in [7, 11) is 2.24. The van der Waals surface area contributed by atoms with Crippen molar-refractivity contribution in [2.75, 3.05) is 13.6 Å². The van der Waals surface area contributed by atoms with Crippen molar-refractivity contribution in [1.82, 2.24) is 10.2 Å². The van der Waals surface area contributed by atoms with Crippen LogP contribution in [0.15, 0.2) is 0 Å². The lowest BCUT2D eigenvalue weighted by molar-refractivity contribution is -0.0448. The van der Waals surface area contributed by atoms with Crippen LogP contribution in [0.1, 0.15) is 46.5 Å². The third-order valence-electron chi connectivity index (χ3n) is 4.38. The first-order valence-corrected chi connectivity index (χ1v) is 7.16. The lowest BCUT2D eigenvalue weighted by atomic mass is 9.94. The Bertz CT molecular complexity index is 236. The Kier molecular flexibility index (Phi) is 4.45. The maximum atomic E-state index is 5.80. The van der Waals surface area contributed by atoms with E-state index in [2.05, 4.69) is 38.0 Å². The van der Waals surface area contributed by atoms with Gasteiger partial charge in [-0.05, 0) is 60.0 Å². The van der Waals surface area contributed by atoms with Gasteiger partial charge in [-0.2, -0.15) is 0 Å². The van der Waals surface area contributed by atoms with Gasteiger partial charge < -0.3 is 15.0 Å². The fourth-order valence-corrected chi connectivity index (χ4v) is 3.32. The highest BCUT2D eigenvalue weighted by atomic mass is 16.5. The van der Waals surface area contributed by atoms with E-state index in [1.807, 2.05) is 0 Å². The number of rotatable bonds is 2. The number of nitrogens with one attached hydrogen (secondary N) is 1. The topological polar surface area (TPSA) is 24.5 Å². The molecule has 17 heavy (non-hydrogen) atoms. The van der Waals surface area contributed by atoms with Gasteiger partial charge in [-0.1, -0.05) is 0 Å². The van der Waals surface area contributed by atoms with Gasteiger partial charge in [0.2, 0.25) is 0 Å².